The molecule has 8 aromatic rings. The van der Waals surface area contributed by atoms with E-state index in [1.165, 1.54) is 22.3 Å². The van der Waals surface area contributed by atoms with Crippen molar-refractivity contribution in [3.05, 3.63) is 131 Å². The summed E-state index contributed by atoms with van der Waals surface area (Å²) in [4.78, 5) is 15.9. The highest BCUT2D eigenvalue weighted by molar-refractivity contribution is 6.61. The Kier molecular flexibility index (Phi) is 9.80. The van der Waals surface area contributed by atoms with E-state index in [1.807, 2.05) is 18.2 Å². The van der Waals surface area contributed by atoms with Crippen LogP contribution in [0.3, 0.4) is 0 Å². The molecule has 0 aliphatic carbocycles. The van der Waals surface area contributed by atoms with Crippen molar-refractivity contribution in [2.24, 2.45) is 0 Å². The van der Waals surface area contributed by atoms with Crippen molar-refractivity contribution < 1.29 is 9.15 Å². The number of imidazole rings is 1. The molecule has 0 N–H and O–H groups in total. The molecule has 3 aromatic heterocycles. The van der Waals surface area contributed by atoms with Gasteiger partial charge in [0.1, 0.15) is 11.5 Å². The number of hydrogen-bond acceptors (Lipinski definition) is 5. The van der Waals surface area contributed by atoms with Gasteiger partial charge in [0.05, 0.1) is 122 Å². The molecule has 0 saturated heterocycles. The minimum Gasteiger partial charge on any atom is -0.456 e. The highest BCUT2D eigenvalue weighted by Gasteiger charge is 2.46. The van der Waals surface area contributed by atoms with Gasteiger partial charge in [-0.3, -0.25) is 4.40 Å². The average Bonchev–Trinajstić information content (AvgIpc) is 3.73. The number of fused-ring (bicyclic) bond motifs is 7. The number of aromatic nitrogens is 4. The summed E-state index contributed by atoms with van der Waals surface area (Å²) < 4.78 is 16.2. The molecule has 18 heteroatoms. The van der Waals surface area contributed by atoms with Crippen molar-refractivity contribution in [1.82, 2.24) is 19.4 Å². The number of para-hydroxylation sites is 3. The molecule has 0 atom stereocenters. The summed E-state index contributed by atoms with van der Waals surface area (Å²) in [6.45, 7) is 9.45. The fraction of sp³-hybridized carbons (Fsp3) is 0.222. The van der Waals surface area contributed by atoms with Crippen LogP contribution in [-0.2, 0) is 31.3 Å². The maximum absolute atomic E-state index is 7.28. The van der Waals surface area contributed by atoms with Crippen LogP contribution < -0.4 is 4.74 Å². The van der Waals surface area contributed by atoms with Crippen molar-refractivity contribution >= 4 is 122 Å². The van der Waals surface area contributed by atoms with Crippen LogP contribution >= 0.6 is 0 Å². The van der Waals surface area contributed by atoms with Crippen LogP contribution in [0.1, 0.15) is 61.1 Å². The Morgan fingerprint density at radius 2 is 1.14 bits per heavy atom. The minimum absolute atomic E-state index is 0.184. The second-order valence-electron chi connectivity index (χ2n) is 23.1. The van der Waals surface area contributed by atoms with Crippen molar-refractivity contribution in [2.45, 2.75) is 59.0 Å². The van der Waals surface area contributed by atoms with Gasteiger partial charge in [-0.1, -0.05) is 120 Å². The molecule has 0 amide bonds. The zero-order chi connectivity index (χ0) is 45.4. The predicted molar refractivity (Wildman–Crippen MR) is 296 cm³/mol. The van der Waals surface area contributed by atoms with Gasteiger partial charge < -0.3 is 9.15 Å². The van der Waals surface area contributed by atoms with Crippen molar-refractivity contribution in [1.29, 1.82) is 0 Å². The third kappa shape index (κ3) is 6.92. The third-order valence-corrected chi connectivity index (χ3v) is 14.1. The first kappa shape index (κ1) is 43.3. The summed E-state index contributed by atoms with van der Waals surface area (Å²) in [6.07, 6.45) is 2.06. The van der Waals surface area contributed by atoms with Crippen LogP contribution in [-0.4, -0.2) is 114 Å². The molecule has 5 aromatic carbocycles. The lowest BCUT2D eigenvalue weighted by molar-refractivity contribution is 0.306. The fourth-order valence-electron chi connectivity index (χ4n) is 9.85. The Hall–Kier alpha value is -4.97. The van der Waals surface area contributed by atoms with E-state index >= 15 is 0 Å². The van der Waals surface area contributed by atoms with Crippen LogP contribution in [0.5, 0.6) is 11.5 Å². The Labute approximate surface area is 383 Å². The van der Waals surface area contributed by atoms with Crippen molar-refractivity contribution in [2.75, 3.05) is 0 Å². The molecule has 0 spiro atoms. The molecule has 9 rings (SSSR count). The molecule has 0 saturated carbocycles. The van der Waals surface area contributed by atoms with Gasteiger partial charge in [0.15, 0.2) is 11.4 Å². The largest absolute Gasteiger partial charge is 0.456 e. The van der Waals surface area contributed by atoms with Crippen molar-refractivity contribution in [3.8, 4) is 45.3 Å². The first-order valence-electron chi connectivity index (χ1n) is 22.6. The number of benzene rings is 5. The number of rotatable bonds is 7. The van der Waals surface area contributed by atoms with E-state index in [2.05, 4.69) is 205 Å². The highest BCUT2D eigenvalue weighted by Crippen LogP contribution is 2.56. The van der Waals surface area contributed by atoms with Gasteiger partial charge in [0, 0.05) is 39.3 Å². The average molecular weight is 811 g/mol. The molecule has 1 aliphatic rings. The van der Waals surface area contributed by atoms with Gasteiger partial charge >= 0.3 is 5.84 Å². The second-order valence-corrected chi connectivity index (χ2v) is 23.1. The summed E-state index contributed by atoms with van der Waals surface area (Å²) in [6, 6.07) is 32.9. The van der Waals surface area contributed by atoms with Gasteiger partial charge in [-0.05, 0) is 47.0 Å². The molecule has 0 fully saturated rings. The minimum atomic E-state index is -0.273. The quantitative estimate of drug-likeness (QED) is 0.182. The van der Waals surface area contributed by atoms with Crippen LogP contribution in [0.25, 0.3) is 61.7 Å². The third-order valence-electron chi connectivity index (χ3n) is 14.1. The van der Waals surface area contributed by atoms with E-state index in [-0.39, 0.29) is 31.3 Å². The zero-order valence-electron chi connectivity index (χ0n) is 40.3. The highest BCUT2D eigenvalue weighted by atomic mass is 16.5. The Balaban J connectivity index is 1.36. The molecular weight excluding hydrogens is 758 g/mol. The van der Waals surface area contributed by atoms with Gasteiger partial charge in [0.25, 0.3) is 0 Å². The van der Waals surface area contributed by atoms with E-state index in [1.54, 1.807) is 0 Å². The lowest BCUT2D eigenvalue weighted by Crippen LogP contribution is -2.39. The maximum atomic E-state index is 7.28. The Bertz CT molecular complexity index is 3170. The summed E-state index contributed by atoms with van der Waals surface area (Å²) in [5.41, 5.74) is 15.3. The van der Waals surface area contributed by atoms with E-state index < -0.39 is 0 Å². The molecule has 0 bridgehead atoms. The first-order valence-corrected chi connectivity index (χ1v) is 22.6. The normalized spacial score (nSPS) is 15.2. The van der Waals surface area contributed by atoms with Gasteiger partial charge in [0.2, 0.25) is 0 Å². The topological polar surface area (TPSA) is 65.5 Å². The van der Waals surface area contributed by atoms with Gasteiger partial charge in [-0.2, -0.15) is 4.98 Å². The van der Waals surface area contributed by atoms with E-state index in [4.69, 9.17) is 24.1 Å². The predicted octanol–water partition coefficient (Wildman–Crippen LogP) is -1.58. The number of hydrogen-bond donors (Lipinski definition) is 0. The molecule has 6 nitrogen and oxygen atoms in total. The number of nitrogens with zero attached hydrogens (tertiary/aromatic N) is 4. The lowest BCUT2D eigenvalue weighted by atomic mass is 9.38. The molecule has 300 valence electrons. The SMILES string of the molecule is BC(B)(B)c1ccc(-c2c(C(B)(B)B)ccc3c2Oc2ccccc2C(C)(C)C3(C)C)cc1-c1nc(-c2c(C(B)(B)B)ccc3c2oc2nc4ccccc4n23)ncc1C(B)(B)B. The Morgan fingerprint density at radius 1 is 0.556 bits per heavy atom. The van der Waals surface area contributed by atoms with Crippen LogP contribution in [0, 0.1) is 0 Å². The zero-order valence-corrected chi connectivity index (χ0v) is 40.3. The lowest BCUT2D eigenvalue weighted by Gasteiger charge is -2.42. The van der Waals surface area contributed by atoms with Crippen molar-refractivity contribution in [3.63, 3.8) is 0 Å². The van der Waals surface area contributed by atoms with Gasteiger partial charge in [-0.15, -0.1) is 0 Å². The Morgan fingerprint density at radius 3 is 1.83 bits per heavy atom. The monoisotopic (exact) mass is 813 g/mol. The van der Waals surface area contributed by atoms with Crippen LogP contribution in [0.15, 0.2) is 102 Å². The van der Waals surface area contributed by atoms with Crippen LogP contribution in [0.4, 0.5) is 0 Å². The molecule has 0 unspecified atom stereocenters. The number of ether oxygens (including phenoxy) is 1. The molecule has 63 heavy (non-hydrogen) atoms. The molecule has 0 radical (unpaired) electrons. The fourth-order valence-corrected chi connectivity index (χ4v) is 9.85. The van der Waals surface area contributed by atoms with Gasteiger partial charge in [-0.25, -0.2) is 9.97 Å². The summed E-state index contributed by atoms with van der Waals surface area (Å²) in [5.74, 6) is 3.02. The molecule has 4 heterocycles. The second kappa shape index (κ2) is 14.3. The van der Waals surface area contributed by atoms with E-state index in [0.717, 1.165) is 72.7 Å². The van der Waals surface area contributed by atoms with E-state index in [9.17, 15) is 0 Å². The molecular formula is C45H52B12N4O2. The summed E-state index contributed by atoms with van der Waals surface area (Å²) in [7, 11) is 27.3. The number of oxazole rings is 1. The van der Waals surface area contributed by atoms with Crippen LogP contribution in [0.2, 0.25) is 0 Å². The molecule has 1 aliphatic heterocycles. The smallest absolute Gasteiger partial charge is 0.307 e. The first-order chi connectivity index (χ1) is 29.3. The standard InChI is InChI=1S/C45H52B12N4O2/c1-40(2)24-9-5-8-12-32(24)62-36-27(41(40,3)4)16-15-25(43(49,50)51)33(36)21-13-14-23(42(46,47)48)22(19-21)35-28(45(55,56)57)20-58-38(60-35)34-26(44(52,53)54)17-18-31-37(34)63-39-59-29-10-6-7-11-30(29)61(31)39/h5-20H,46-57H2,1-4H3. The summed E-state index contributed by atoms with van der Waals surface area (Å²) >= 11 is 0. The maximum Gasteiger partial charge on any atom is 0.307 e. The summed E-state index contributed by atoms with van der Waals surface area (Å²) in [5, 5.41) is -0.902. The van der Waals surface area contributed by atoms with E-state index in [0.29, 0.717) is 11.7 Å².